The molecule has 2 rings (SSSR count). The summed E-state index contributed by atoms with van der Waals surface area (Å²) in [6.07, 6.45) is 0. The number of nitrogens with one attached hydrogen (secondary N) is 2. The Morgan fingerprint density at radius 3 is 1.52 bits per heavy atom. The molecule has 25 heavy (non-hydrogen) atoms. The summed E-state index contributed by atoms with van der Waals surface area (Å²) in [7, 11) is 0. The SMILES string of the molecule is CC(C)(C(=O)NCCN1CCOCC1)C(=O)NCCN1CCOCC1. The van der Waals surface area contributed by atoms with Crippen LogP contribution in [0, 0.1) is 5.41 Å². The van der Waals surface area contributed by atoms with Crippen molar-refractivity contribution < 1.29 is 19.1 Å². The Bertz CT molecular complexity index is 394. The highest BCUT2D eigenvalue weighted by Crippen LogP contribution is 2.15. The Hall–Kier alpha value is -1.22. The smallest absolute Gasteiger partial charge is 0.235 e. The molecule has 2 aliphatic heterocycles. The predicted octanol–water partition coefficient (Wildman–Crippen LogP) is -1.09. The fraction of sp³-hybridized carbons (Fsp3) is 0.882. The molecule has 0 aromatic heterocycles. The zero-order valence-electron chi connectivity index (χ0n) is 15.5. The Labute approximate surface area is 150 Å². The third kappa shape index (κ3) is 6.54. The van der Waals surface area contributed by atoms with Gasteiger partial charge >= 0.3 is 0 Å². The fourth-order valence-corrected chi connectivity index (χ4v) is 2.85. The minimum Gasteiger partial charge on any atom is -0.379 e. The molecule has 0 spiro atoms. The minimum absolute atomic E-state index is 0.232. The van der Waals surface area contributed by atoms with Gasteiger partial charge in [-0.25, -0.2) is 0 Å². The normalized spacial score (nSPS) is 20.2. The van der Waals surface area contributed by atoms with E-state index in [1.807, 2.05) is 0 Å². The maximum Gasteiger partial charge on any atom is 0.235 e. The quantitative estimate of drug-likeness (QED) is 0.538. The summed E-state index contributed by atoms with van der Waals surface area (Å²) in [4.78, 5) is 29.2. The van der Waals surface area contributed by atoms with E-state index in [1.54, 1.807) is 13.8 Å². The molecular formula is C17H32N4O4. The van der Waals surface area contributed by atoms with E-state index in [4.69, 9.17) is 9.47 Å². The summed E-state index contributed by atoms with van der Waals surface area (Å²) in [5, 5.41) is 5.76. The lowest BCUT2D eigenvalue weighted by Gasteiger charge is -2.28. The van der Waals surface area contributed by atoms with Crippen LogP contribution in [0.15, 0.2) is 0 Å². The van der Waals surface area contributed by atoms with E-state index in [-0.39, 0.29) is 11.8 Å². The van der Waals surface area contributed by atoms with Gasteiger partial charge in [0.15, 0.2) is 0 Å². The number of carbonyl (C=O) groups excluding carboxylic acids is 2. The van der Waals surface area contributed by atoms with Gasteiger partial charge in [0.25, 0.3) is 0 Å². The second-order valence-corrected chi connectivity index (χ2v) is 7.04. The average Bonchev–Trinajstić information content (AvgIpc) is 2.63. The molecule has 2 amide bonds. The van der Waals surface area contributed by atoms with Crippen LogP contribution in [-0.2, 0) is 19.1 Å². The van der Waals surface area contributed by atoms with Gasteiger partial charge in [-0.1, -0.05) is 0 Å². The van der Waals surface area contributed by atoms with Gasteiger partial charge in [-0.15, -0.1) is 0 Å². The summed E-state index contributed by atoms with van der Waals surface area (Å²) < 4.78 is 10.6. The van der Waals surface area contributed by atoms with Crippen molar-refractivity contribution >= 4 is 11.8 Å². The van der Waals surface area contributed by atoms with Crippen molar-refractivity contribution in [2.24, 2.45) is 5.41 Å². The number of rotatable bonds is 8. The second-order valence-electron chi connectivity index (χ2n) is 7.04. The molecular weight excluding hydrogens is 324 g/mol. The van der Waals surface area contributed by atoms with Crippen molar-refractivity contribution in [1.29, 1.82) is 0 Å². The zero-order valence-corrected chi connectivity index (χ0v) is 15.5. The fourth-order valence-electron chi connectivity index (χ4n) is 2.85. The van der Waals surface area contributed by atoms with E-state index in [9.17, 15) is 9.59 Å². The summed E-state index contributed by atoms with van der Waals surface area (Å²) in [6.45, 7) is 12.5. The summed E-state index contributed by atoms with van der Waals surface area (Å²) >= 11 is 0. The summed E-state index contributed by atoms with van der Waals surface area (Å²) in [5.41, 5.74) is -1.07. The van der Waals surface area contributed by atoms with Crippen LogP contribution in [0.5, 0.6) is 0 Å². The number of hydrogen-bond donors (Lipinski definition) is 2. The van der Waals surface area contributed by atoms with Gasteiger partial charge in [0, 0.05) is 52.4 Å². The molecule has 0 atom stereocenters. The molecule has 0 aliphatic carbocycles. The van der Waals surface area contributed by atoms with Crippen LogP contribution in [0.2, 0.25) is 0 Å². The molecule has 0 bridgehead atoms. The van der Waals surface area contributed by atoms with Crippen LogP contribution in [0.4, 0.5) is 0 Å². The van der Waals surface area contributed by atoms with E-state index >= 15 is 0 Å². The highest BCUT2D eigenvalue weighted by Gasteiger charge is 2.35. The number of ether oxygens (including phenoxy) is 2. The summed E-state index contributed by atoms with van der Waals surface area (Å²) in [5.74, 6) is -0.464. The molecule has 0 radical (unpaired) electrons. The van der Waals surface area contributed by atoms with Gasteiger partial charge in [-0.2, -0.15) is 0 Å². The lowest BCUT2D eigenvalue weighted by Crippen LogP contribution is -2.51. The van der Waals surface area contributed by atoms with Crippen molar-refractivity contribution in [2.75, 3.05) is 78.8 Å². The van der Waals surface area contributed by atoms with Crippen molar-refractivity contribution in [2.45, 2.75) is 13.8 Å². The van der Waals surface area contributed by atoms with Gasteiger partial charge < -0.3 is 20.1 Å². The molecule has 0 unspecified atom stereocenters. The molecule has 0 aromatic rings. The first-order chi connectivity index (χ1) is 12.0. The van der Waals surface area contributed by atoms with E-state index in [0.29, 0.717) is 13.1 Å². The number of carbonyl (C=O) groups is 2. The number of hydrogen-bond acceptors (Lipinski definition) is 6. The maximum atomic E-state index is 12.4. The molecule has 0 saturated carbocycles. The lowest BCUT2D eigenvalue weighted by molar-refractivity contribution is -0.141. The number of amides is 2. The first kappa shape index (κ1) is 20.1. The number of morpholine rings is 2. The van der Waals surface area contributed by atoms with Gasteiger partial charge in [0.1, 0.15) is 5.41 Å². The monoisotopic (exact) mass is 356 g/mol. The standard InChI is InChI=1S/C17H32N4O4/c1-17(2,15(22)18-3-5-20-7-11-24-12-8-20)16(23)19-4-6-21-9-13-25-14-10-21/h3-14H2,1-2H3,(H,18,22)(H,19,23). The third-order valence-corrected chi connectivity index (χ3v) is 4.77. The van der Waals surface area contributed by atoms with E-state index < -0.39 is 5.41 Å². The second kappa shape index (κ2) is 10.1. The van der Waals surface area contributed by atoms with Gasteiger partial charge in [-0.05, 0) is 13.8 Å². The summed E-state index contributed by atoms with van der Waals surface area (Å²) in [6, 6.07) is 0. The molecule has 0 aromatic carbocycles. The average molecular weight is 356 g/mol. The van der Waals surface area contributed by atoms with E-state index in [1.165, 1.54) is 0 Å². The molecule has 2 saturated heterocycles. The largest absolute Gasteiger partial charge is 0.379 e. The Balaban J connectivity index is 1.64. The third-order valence-electron chi connectivity index (χ3n) is 4.77. The van der Waals surface area contributed by atoms with Crippen LogP contribution in [-0.4, -0.2) is 100 Å². The number of nitrogens with zero attached hydrogens (tertiary/aromatic N) is 2. The molecule has 2 aliphatic rings. The first-order valence-corrected chi connectivity index (χ1v) is 9.17. The molecule has 144 valence electrons. The Morgan fingerprint density at radius 1 is 0.800 bits per heavy atom. The van der Waals surface area contributed by atoms with Crippen LogP contribution >= 0.6 is 0 Å². The Kier molecular flexibility index (Phi) is 8.08. The van der Waals surface area contributed by atoms with Crippen LogP contribution in [0.3, 0.4) is 0 Å². The maximum absolute atomic E-state index is 12.4. The minimum atomic E-state index is -1.07. The molecule has 2 heterocycles. The van der Waals surface area contributed by atoms with Crippen molar-refractivity contribution in [3.63, 3.8) is 0 Å². The van der Waals surface area contributed by atoms with Crippen LogP contribution in [0.25, 0.3) is 0 Å². The van der Waals surface area contributed by atoms with Crippen molar-refractivity contribution in [1.82, 2.24) is 20.4 Å². The predicted molar refractivity (Wildman–Crippen MR) is 94.3 cm³/mol. The molecule has 2 N–H and O–H groups in total. The lowest BCUT2D eigenvalue weighted by atomic mass is 9.91. The topological polar surface area (TPSA) is 83.1 Å². The van der Waals surface area contributed by atoms with Gasteiger partial charge in [-0.3, -0.25) is 19.4 Å². The first-order valence-electron chi connectivity index (χ1n) is 9.17. The van der Waals surface area contributed by atoms with Crippen LogP contribution < -0.4 is 10.6 Å². The highest BCUT2D eigenvalue weighted by molar-refractivity contribution is 6.04. The van der Waals surface area contributed by atoms with Crippen LogP contribution in [0.1, 0.15) is 13.8 Å². The molecule has 2 fully saturated rings. The van der Waals surface area contributed by atoms with Crippen molar-refractivity contribution in [3.05, 3.63) is 0 Å². The van der Waals surface area contributed by atoms with Crippen molar-refractivity contribution in [3.8, 4) is 0 Å². The van der Waals surface area contributed by atoms with Gasteiger partial charge in [0.05, 0.1) is 26.4 Å². The van der Waals surface area contributed by atoms with E-state index in [2.05, 4.69) is 20.4 Å². The Morgan fingerprint density at radius 2 is 1.16 bits per heavy atom. The van der Waals surface area contributed by atoms with Gasteiger partial charge in [0.2, 0.25) is 11.8 Å². The molecule has 8 heteroatoms. The van der Waals surface area contributed by atoms with E-state index in [0.717, 1.165) is 65.7 Å². The highest BCUT2D eigenvalue weighted by atomic mass is 16.5. The molecule has 8 nitrogen and oxygen atoms in total. The zero-order chi connectivity index (χ0) is 18.1.